The summed E-state index contributed by atoms with van der Waals surface area (Å²) >= 11 is 0. The molecule has 5 aliphatic rings. The number of aliphatic hydroxyl groups excluding tert-OH is 1. The van der Waals surface area contributed by atoms with E-state index in [-0.39, 0.29) is 54.5 Å². The molecule has 2 bridgehead atoms. The van der Waals surface area contributed by atoms with Gasteiger partial charge in [-0.05, 0) is 69.0 Å². The Morgan fingerprint density at radius 2 is 1.61 bits per heavy atom. The number of carbonyl (C=O) groups excluding carboxylic acids is 4. The molecule has 0 aromatic heterocycles. The zero-order valence-corrected chi connectivity index (χ0v) is 29.2. The molecule has 1 spiro atoms. The van der Waals surface area contributed by atoms with Crippen molar-refractivity contribution in [3.63, 3.8) is 0 Å². The van der Waals surface area contributed by atoms with Gasteiger partial charge in [0.2, 0.25) is 5.91 Å². The molecule has 1 N–H and O–H groups in total. The van der Waals surface area contributed by atoms with Crippen LogP contribution in [0.15, 0.2) is 72.8 Å². The van der Waals surface area contributed by atoms with Gasteiger partial charge >= 0.3 is 5.97 Å². The molecule has 0 radical (unpaired) electrons. The molecule has 2 aliphatic heterocycles. The van der Waals surface area contributed by atoms with Crippen molar-refractivity contribution in [1.29, 1.82) is 0 Å². The van der Waals surface area contributed by atoms with E-state index < -0.39 is 17.5 Å². The number of likely N-dealkylation sites (tertiary alicyclic amines) is 1. The SMILES string of the molecule is CC(=O)Oc1ccc2c3c1O[C@H]1[C@@H](N(CC(=O)c4ccccc4)C(=O)CCCCC(=O)c4ccccc4)CC[C@H]4[C@@H](C2)N(CC2CC2O)CC[C@@]341. The molecular formula is C42H46N2O7. The average molecular weight is 691 g/mol. The highest BCUT2D eigenvalue weighted by Gasteiger charge is 2.67. The lowest BCUT2D eigenvalue weighted by Crippen LogP contribution is -2.69. The normalized spacial score (nSPS) is 28.3. The Bertz CT molecular complexity index is 1830. The molecule has 9 heteroatoms. The van der Waals surface area contributed by atoms with E-state index in [4.69, 9.17) is 9.47 Å². The van der Waals surface area contributed by atoms with Crippen molar-refractivity contribution in [2.75, 3.05) is 19.6 Å². The van der Waals surface area contributed by atoms with Crippen molar-refractivity contribution in [3.05, 3.63) is 95.1 Å². The second kappa shape index (κ2) is 13.7. The van der Waals surface area contributed by atoms with Crippen LogP contribution in [0.4, 0.5) is 0 Å². The lowest BCUT2D eigenvalue weighted by atomic mass is 9.51. The maximum atomic E-state index is 14.4. The summed E-state index contributed by atoms with van der Waals surface area (Å²) in [5.74, 6) is 0.990. The van der Waals surface area contributed by atoms with Crippen LogP contribution in [0.25, 0.3) is 0 Å². The van der Waals surface area contributed by atoms with Crippen LogP contribution in [-0.2, 0) is 21.4 Å². The number of Topliss-reactive ketones (excluding diaryl/α,β-unsaturated/α-hetero) is 2. The third-order valence-electron chi connectivity index (χ3n) is 12.3. The van der Waals surface area contributed by atoms with Crippen molar-refractivity contribution in [1.82, 2.24) is 9.80 Å². The van der Waals surface area contributed by atoms with E-state index in [9.17, 15) is 24.3 Å². The molecule has 1 amide bonds. The van der Waals surface area contributed by atoms with Crippen molar-refractivity contribution >= 4 is 23.4 Å². The van der Waals surface area contributed by atoms with Gasteiger partial charge in [0.15, 0.2) is 23.1 Å². The average Bonchev–Trinajstić information content (AvgIpc) is 3.72. The molecule has 2 heterocycles. The number of amides is 1. The third-order valence-corrected chi connectivity index (χ3v) is 12.3. The molecule has 1 saturated heterocycles. The van der Waals surface area contributed by atoms with Gasteiger partial charge in [-0.1, -0.05) is 66.7 Å². The fourth-order valence-electron chi connectivity index (χ4n) is 9.83. The minimum absolute atomic E-state index is 0.0579. The van der Waals surface area contributed by atoms with Gasteiger partial charge in [-0.3, -0.25) is 24.1 Å². The van der Waals surface area contributed by atoms with Gasteiger partial charge in [-0.15, -0.1) is 0 Å². The summed E-state index contributed by atoms with van der Waals surface area (Å²) in [7, 11) is 0. The summed E-state index contributed by atoms with van der Waals surface area (Å²) < 4.78 is 12.7. The Balaban J connectivity index is 1.10. The first-order valence-corrected chi connectivity index (χ1v) is 18.6. The zero-order valence-electron chi connectivity index (χ0n) is 29.2. The number of nitrogens with zero attached hydrogens (tertiary/aromatic N) is 2. The van der Waals surface area contributed by atoms with E-state index in [1.807, 2.05) is 54.6 Å². The zero-order chi connectivity index (χ0) is 35.3. The number of piperidine rings is 1. The number of unbranched alkanes of at least 4 members (excludes halogenated alkanes) is 1. The minimum atomic E-state index is -0.419. The first kappa shape index (κ1) is 33.8. The Labute approximate surface area is 298 Å². The van der Waals surface area contributed by atoms with Crippen molar-refractivity contribution in [2.24, 2.45) is 11.8 Å². The summed E-state index contributed by atoms with van der Waals surface area (Å²) in [5.41, 5.74) is 3.13. The highest BCUT2D eigenvalue weighted by atomic mass is 16.6. The largest absolute Gasteiger partial charge is 0.483 e. The molecule has 7 atom stereocenters. The Morgan fingerprint density at radius 3 is 2.29 bits per heavy atom. The van der Waals surface area contributed by atoms with E-state index in [1.165, 1.54) is 12.5 Å². The molecular weight excluding hydrogens is 644 g/mol. The topological polar surface area (TPSA) is 113 Å². The van der Waals surface area contributed by atoms with Crippen LogP contribution in [0.3, 0.4) is 0 Å². The predicted octanol–water partition coefficient (Wildman–Crippen LogP) is 5.56. The number of benzene rings is 3. The van der Waals surface area contributed by atoms with Crippen LogP contribution in [0.1, 0.15) is 90.1 Å². The Kier molecular flexibility index (Phi) is 9.05. The number of carbonyl (C=O) groups is 4. The van der Waals surface area contributed by atoms with Crippen LogP contribution < -0.4 is 9.47 Å². The maximum absolute atomic E-state index is 14.4. The lowest BCUT2D eigenvalue weighted by molar-refractivity contribution is -0.142. The number of hydrogen-bond donors (Lipinski definition) is 1. The van der Waals surface area contributed by atoms with Crippen LogP contribution in [0.5, 0.6) is 11.5 Å². The molecule has 51 heavy (non-hydrogen) atoms. The predicted molar refractivity (Wildman–Crippen MR) is 190 cm³/mol. The number of esters is 1. The first-order valence-electron chi connectivity index (χ1n) is 18.6. The van der Waals surface area contributed by atoms with Gasteiger partial charge in [-0.2, -0.15) is 0 Å². The number of hydrogen-bond acceptors (Lipinski definition) is 8. The minimum Gasteiger partial charge on any atom is -0.483 e. The second-order valence-electron chi connectivity index (χ2n) is 15.2. The molecule has 3 aliphatic carbocycles. The second-order valence-corrected chi connectivity index (χ2v) is 15.2. The number of ketones is 2. The highest BCUT2D eigenvalue weighted by Crippen LogP contribution is 2.64. The van der Waals surface area contributed by atoms with Crippen LogP contribution in [0, 0.1) is 11.8 Å². The van der Waals surface area contributed by atoms with Crippen molar-refractivity contribution in [2.45, 2.75) is 94.4 Å². The summed E-state index contributed by atoms with van der Waals surface area (Å²) in [6.45, 7) is 3.05. The number of ether oxygens (including phenoxy) is 2. The van der Waals surface area contributed by atoms with Gasteiger partial charge in [0.25, 0.3) is 0 Å². The quantitative estimate of drug-likeness (QED) is 0.108. The van der Waals surface area contributed by atoms with Gasteiger partial charge < -0.3 is 19.5 Å². The molecule has 3 aromatic carbocycles. The van der Waals surface area contributed by atoms with Gasteiger partial charge in [0.1, 0.15) is 6.10 Å². The van der Waals surface area contributed by atoms with E-state index in [0.29, 0.717) is 54.2 Å². The number of rotatable bonds is 13. The fourth-order valence-corrected chi connectivity index (χ4v) is 9.83. The molecule has 2 saturated carbocycles. The highest BCUT2D eigenvalue weighted by molar-refractivity contribution is 5.99. The van der Waals surface area contributed by atoms with E-state index in [1.54, 1.807) is 17.0 Å². The van der Waals surface area contributed by atoms with E-state index in [0.717, 1.165) is 44.3 Å². The molecule has 8 rings (SSSR count). The van der Waals surface area contributed by atoms with Crippen LogP contribution in [-0.4, -0.2) is 82.3 Å². The first-order chi connectivity index (χ1) is 24.7. The molecule has 3 fully saturated rings. The van der Waals surface area contributed by atoms with E-state index in [2.05, 4.69) is 11.0 Å². The van der Waals surface area contributed by atoms with Crippen molar-refractivity contribution < 1.29 is 33.8 Å². The van der Waals surface area contributed by atoms with Crippen LogP contribution >= 0.6 is 0 Å². The lowest BCUT2D eigenvalue weighted by Gasteiger charge is -2.60. The summed E-state index contributed by atoms with van der Waals surface area (Å²) in [5, 5.41) is 10.2. The van der Waals surface area contributed by atoms with Crippen molar-refractivity contribution in [3.8, 4) is 11.5 Å². The monoisotopic (exact) mass is 690 g/mol. The molecule has 266 valence electrons. The maximum Gasteiger partial charge on any atom is 0.308 e. The van der Waals surface area contributed by atoms with Gasteiger partial charge in [-0.25, -0.2) is 0 Å². The summed E-state index contributed by atoms with van der Waals surface area (Å²) in [4.78, 5) is 57.5. The molecule has 3 aromatic rings. The summed E-state index contributed by atoms with van der Waals surface area (Å²) in [6, 6.07) is 22.1. The van der Waals surface area contributed by atoms with Crippen LogP contribution in [0.2, 0.25) is 0 Å². The smallest absolute Gasteiger partial charge is 0.308 e. The Hall–Kier alpha value is -4.34. The van der Waals surface area contributed by atoms with E-state index >= 15 is 0 Å². The third kappa shape index (κ3) is 6.18. The van der Waals surface area contributed by atoms with Gasteiger partial charge in [0.05, 0.1) is 18.7 Å². The number of aliphatic hydroxyl groups is 1. The molecule has 9 nitrogen and oxygen atoms in total. The fraction of sp³-hybridized carbons (Fsp3) is 0.476. The van der Waals surface area contributed by atoms with Gasteiger partial charge in [0, 0.05) is 60.4 Å². The Morgan fingerprint density at radius 1 is 0.922 bits per heavy atom. The summed E-state index contributed by atoms with van der Waals surface area (Å²) in [6.07, 6.45) is 5.13. The standard InChI is InChI=1S/C42H46N2O7/c1-26(45)50-37-19-16-29-22-33-31-17-18-32(41-42(31,39(29)40(37)51-41)20-21-43(33)24-30-23-35(30)47)44(25-36(48)28-12-6-3-7-13-28)38(49)15-9-8-14-34(46)27-10-4-2-5-11-27/h2-7,10-13,16,19,30-33,35,41,47H,8-9,14-15,17-18,20-25H2,1H3/t30?,31-,32-,33+,35?,41-,42-/m0/s1. The molecule has 2 unspecified atom stereocenters.